The van der Waals surface area contributed by atoms with Gasteiger partial charge in [-0.25, -0.2) is 4.98 Å². The van der Waals surface area contributed by atoms with Gasteiger partial charge in [-0.1, -0.05) is 13.0 Å². The van der Waals surface area contributed by atoms with Crippen LogP contribution in [0.1, 0.15) is 24.8 Å². The summed E-state index contributed by atoms with van der Waals surface area (Å²) in [5.74, 6) is 0.838. The second-order valence-electron chi connectivity index (χ2n) is 5.69. The van der Waals surface area contributed by atoms with Crippen molar-refractivity contribution in [3.8, 4) is 11.3 Å². The Hall–Kier alpha value is -1.55. The van der Waals surface area contributed by atoms with Crippen LogP contribution in [-0.4, -0.2) is 18.1 Å². The van der Waals surface area contributed by atoms with Crippen molar-refractivity contribution >= 4 is 22.7 Å². The zero-order valence-corrected chi connectivity index (χ0v) is 12.9. The Morgan fingerprint density at radius 3 is 2.65 bits per heavy atom. The highest BCUT2D eigenvalue weighted by molar-refractivity contribution is 7.09. The van der Waals surface area contributed by atoms with E-state index in [2.05, 4.69) is 40.4 Å². The minimum atomic E-state index is 0.838. The highest BCUT2D eigenvalue weighted by atomic mass is 32.1. The van der Waals surface area contributed by atoms with Gasteiger partial charge in [0.05, 0.1) is 22.1 Å². The number of anilines is 2. The fourth-order valence-electron chi connectivity index (χ4n) is 2.75. The molecule has 0 radical (unpaired) electrons. The van der Waals surface area contributed by atoms with E-state index in [0.29, 0.717) is 0 Å². The van der Waals surface area contributed by atoms with Crippen molar-refractivity contribution in [2.45, 2.75) is 26.7 Å². The standard InChI is InChI=1S/C16H21N3S/c1-11-5-7-19(8-6-11)16-4-3-13(9-14(16)17)15-10-20-12(2)18-15/h3-4,9-11H,5-8,17H2,1-2H3. The maximum atomic E-state index is 6.26. The first-order chi connectivity index (χ1) is 9.63. The molecule has 2 N–H and O–H groups in total. The fourth-order valence-corrected chi connectivity index (χ4v) is 3.37. The topological polar surface area (TPSA) is 42.2 Å². The summed E-state index contributed by atoms with van der Waals surface area (Å²) < 4.78 is 0. The normalized spacial score (nSPS) is 16.6. The fraction of sp³-hybridized carbons (Fsp3) is 0.438. The van der Waals surface area contributed by atoms with Crippen molar-refractivity contribution in [1.29, 1.82) is 0 Å². The zero-order valence-electron chi connectivity index (χ0n) is 12.1. The monoisotopic (exact) mass is 287 g/mol. The van der Waals surface area contributed by atoms with E-state index in [1.54, 1.807) is 11.3 Å². The number of hydrogen-bond acceptors (Lipinski definition) is 4. The van der Waals surface area contributed by atoms with Gasteiger partial charge in [-0.2, -0.15) is 0 Å². The lowest BCUT2D eigenvalue weighted by molar-refractivity contribution is 0.439. The molecule has 1 aromatic heterocycles. The van der Waals surface area contributed by atoms with E-state index < -0.39 is 0 Å². The van der Waals surface area contributed by atoms with Gasteiger partial charge in [-0.05, 0) is 37.8 Å². The molecule has 4 heteroatoms. The number of rotatable bonds is 2. The average molecular weight is 287 g/mol. The third-order valence-corrected chi connectivity index (χ3v) is 4.84. The number of nitrogens with two attached hydrogens (primary N) is 1. The van der Waals surface area contributed by atoms with E-state index in [4.69, 9.17) is 5.73 Å². The number of nitrogens with zero attached hydrogens (tertiary/aromatic N) is 2. The average Bonchev–Trinajstić information content (AvgIpc) is 2.87. The van der Waals surface area contributed by atoms with Crippen LogP contribution in [-0.2, 0) is 0 Å². The molecule has 0 bridgehead atoms. The minimum Gasteiger partial charge on any atom is -0.397 e. The van der Waals surface area contributed by atoms with Crippen LogP contribution in [0.3, 0.4) is 0 Å². The van der Waals surface area contributed by atoms with Gasteiger partial charge < -0.3 is 10.6 Å². The summed E-state index contributed by atoms with van der Waals surface area (Å²) in [6.07, 6.45) is 2.51. The van der Waals surface area contributed by atoms with Crippen LogP contribution in [0.15, 0.2) is 23.6 Å². The Morgan fingerprint density at radius 2 is 2.05 bits per heavy atom. The molecule has 1 saturated heterocycles. The summed E-state index contributed by atoms with van der Waals surface area (Å²) in [6.45, 7) is 6.58. The lowest BCUT2D eigenvalue weighted by atomic mass is 9.98. The molecule has 3 nitrogen and oxygen atoms in total. The summed E-state index contributed by atoms with van der Waals surface area (Å²) in [7, 11) is 0. The van der Waals surface area contributed by atoms with E-state index in [1.165, 1.54) is 18.5 Å². The second kappa shape index (κ2) is 5.44. The van der Waals surface area contributed by atoms with E-state index in [1.807, 2.05) is 6.92 Å². The van der Waals surface area contributed by atoms with E-state index in [9.17, 15) is 0 Å². The molecule has 1 aromatic carbocycles. The first kappa shape index (κ1) is 13.4. The van der Waals surface area contributed by atoms with Gasteiger partial charge in [0.2, 0.25) is 0 Å². The molecule has 1 aliphatic rings. The van der Waals surface area contributed by atoms with Crippen molar-refractivity contribution in [3.05, 3.63) is 28.6 Å². The summed E-state index contributed by atoms with van der Waals surface area (Å²) in [5.41, 5.74) is 10.4. The molecule has 106 valence electrons. The van der Waals surface area contributed by atoms with Crippen LogP contribution in [0, 0.1) is 12.8 Å². The molecular formula is C16H21N3S. The van der Waals surface area contributed by atoms with Crippen LogP contribution in [0.4, 0.5) is 11.4 Å². The molecule has 0 saturated carbocycles. The van der Waals surface area contributed by atoms with Gasteiger partial charge in [-0.15, -0.1) is 11.3 Å². The highest BCUT2D eigenvalue weighted by Gasteiger charge is 2.18. The number of thiazole rings is 1. The van der Waals surface area contributed by atoms with Gasteiger partial charge in [0, 0.05) is 24.0 Å². The maximum absolute atomic E-state index is 6.26. The van der Waals surface area contributed by atoms with Crippen molar-refractivity contribution in [1.82, 2.24) is 4.98 Å². The number of hydrogen-bond donors (Lipinski definition) is 1. The van der Waals surface area contributed by atoms with Crippen molar-refractivity contribution in [3.63, 3.8) is 0 Å². The van der Waals surface area contributed by atoms with Crippen LogP contribution in [0.5, 0.6) is 0 Å². The molecule has 2 heterocycles. The number of aromatic nitrogens is 1. The number of aryl methyl sites for hydroxylation is 1. The van der Waals surface area contributed by atoms with E-state index in [0.717, 1.165) is 41.0 Å². The van der Waals surface area contributed by atoms with Crippen LogP contribution >= 0.6 is 11.3 Å². The van der Waals surface area contributed by atoms with Gasteiger partial charge >= 0.3 is 0 Å². The van der Waals surface area contributed by atoms with E-state index in [-0.39, 0.29) is 0 Å². The Kier molecular flexibility index (Phi) is 3.66. The molecular weight excluding hydrogens is 266 g/mol. The third-order valence-electron chi connectivity index (χ3n) is 4.07. The molecule has 0 aliphatic carbocycles. The predicted molar refractivity (Wildman–Crippen MR) is 87.3 cm³/mol. The Labute approximate surface area is 124 Å². The molecule has 1 aliphatic heterocycles. The largest absolute Gasteiger partial charge is 0.397 e. The van der Waals surface area contributed by atoms with Crippen molar-refractivity contribution in [2.24, 2.45) is 5.92 Å². The number of nitrogen functional groups attached to an aromatic ring is 1. The van der Waals surface area contributed by atoms with Crippen molar-refractivity contribution in [2.75, 3.05) is 23.7 Å². The molecule has 1 fully saturated rings. The minimum absolute atomic E-state index is 0.838. The van der Waals surface area contributed by atoms with Crippen LogP contribution < -0.4 is 10.6 Å². The van der Waals surface area contributed by atoms with Gasteiger partial charge in [-0.3, -0.25) is 0 Å². The Bertz CT molecular complexity index is 598. The first-order valence-corrected chi connectivity index (χ1v) is 8.08. The molecule has 0 spiro atoms. The summed E-state index contributed by atoms with van der Waals surface area (Å²) in [4.78, 5) is 6.93. The lowest BCUT2D eigenvalue weighted by Gasteiger charge is -2.33. The quantitative estimate of drug-likeness (QED) is 0.851. The molecule has 0 unspecified atom stereocenters. The smallest absolute Gasteiger partial charge is 0.0901 e. The Morgan fingerprint density at radius 1 is 1.30 bits per heavy atom. The van der Waals surface area contributed by atoms with E-state index >= 15 is 0 Å². The zero-order chi connectivity index (χ0) is 14.1. The number of benzene rings is 1. The SMILES string of the molecule is Cc1nc(-c2ccc(N3CCC(C)CC3)c(N)c2)cs1. The highest BCUT2D eigenvalue weighted by Crippen LogP contribution is 2.32. The number of piperidine rings is 1. The molecule has 3 rings (SSSR count). The third kappa shape index (κ3) is 2.66. The summed E-state index contributed by atoms with van der Waals surface area (Å²) in [5, 5.41) is 3.18. The second-order valence-corrected chi connectivity index (χ2v) is 6.76. The maximum Gasteiger partial charge on any atom is 0.0901 e. The predicted octanol–water partition coefficient (Wildman–Crippen LogP) is 3.94. The van der Waals surface area contributed by atoms with Crippen molar-refractivity contribution < 1.29 is 0 Å². The van der Waals surface area contributed by atoms with Gasteiger partial charge in [0.15, 0.2) is 0 Å². The summed E-state index contributed by atoms with van der Waals surface area (Å²) >= 11 is 1.68. The van der Waals surface area contributed by atoms with Crippen LogP contribution in [0.2, 0.25) is 0 Å². The molecule has 0 atom stereocenters. The first-order valence-electron chi connectivity index (χ1n) is 7.20. The summed E-state index contributed by atoms with van der Waals surface area (Å²) in [6, 6.07) is 6.34. The Balaban J connectivity index is 1.84. The van der Waals surface area contributed by atoms with Gasteiger partial charge in [0.1, 0.15) is 0 Å². The lowest BCUT2D eigenvalue weighted by Crippen LogP contribution is -2.33. The molecule has 0 amide bonds. The van der Waals surface area contributed by atoms with Gasteiger partial charge in [0.25, 0.3) is 0 Å². The molecule has 2 aromatic rings. The molecule has 20 heavy (non-hydrogen) atoms. The van der Waals surface area contributed by atoms with Crippen LogP contribution in [0.25, 0.3) is 11.3 Å².